The van der Waals surface area contributed by atoms with E-state index in [4.69, 9.17) is 9.47 Å². The highest BCUT2D eigenvalue weighted by molar-refractivity contribution is 6.07. The van der Waals surface area contributed by atoms with Gasteiger partial charge in [-0.15, -0.1) is 0 Å². The quantitative estimate of drug-likeness (QED) is 0.328. The normalized spacial score (nSPS) is 22.4. The number of allylic oxidation sites excluding steroid dienone is 2. The number of likely N-dealkylation sites (tertiary alicyclic amines) is 1. The van der Waals surface area contributed by atoms with Gasteiger partial charge in [-0.1, -0.05) is 12.2 Å². The molecule has 1 aliphatic heterocycles. The summed E-state index contributed by atoms with van der Waals surface area (Å²) in [5.41, 5.74) is 0.376. The SMILES string of the molecule is COc1ccc(C(=O)[C@@H](C)OC(=O)CN2C(=O)[C@H]3CC=CC[C@@H]3C2=O)cc1. The topological polar surface area (TPSA) is 90.0 Å². The smallest absolute Gasteiger partial charge is 0.326 e. The Bertz CT molecular complexity index is 771. The van der Waals surface area contributed by atoms with E-state index in [2.05, 4.69) is 0 Å². The van der Waals surface area contributed by atoms with E-state index in [0.29, 0.717) is 24.2 Å². The number of hydrogen-bond donors (Lipinski definition) is 0. The lowest BCUT2D eigenvalue weighted by atomic mass is 9.85. The first-order valence-corrected chi connectivity index (χ1v) is 8.80. The first kappa shape index (κ1) is 18.8. The van der Waals surface area contributed by atoms with Crippen LogP contribution < -0.4 is 4.74 Å². The van der Waals surface area contributed by atoms with Gasteiger partial charge < -0.3 is 9.47 Å². The molecule has 0 aromatic heterocycles. The van der Waals surface area contributed by atoms with E-state index in [-0.39, 0.29) is 17.6 Å². The summed E-state index contributed by atoms with van der Waals surface area (Å²) >= 11 is 0. The number of carbonyl (C=O) groups is 4. The van der Waals surface area contributed by atoms with Crippen LogP contribution in [0, 0.1) is 11.8 Å². The third-order valence-electron chi connectivity index (χ3n) is 4.94. The standard InChI is InChI=1S/C20H21NO6/c1-12(18(23)13-7-9-14(26-2)10-8-13)27-17(22)11-21-19(24)15-5-3-4-6-16(15)20(21)25/h3-4,7-10,12,15-16H,5-6,11H2,1-2H3/t12-,15+,16+/m1/s1. The van der Waals surface area contributed by atoms with E-state index in [0.717, 1.165) is 4.90 Å². The molecule has 7 nitrogen and oxygen atoms in total. The predicted octanol–water partition coefficient (Wildman–Crippen LogP) is 1.76. The summed E-state index contributed by atoms with van der Waals surface area (Å²) in [6, 6.07) is 6.44. The molecule has 0 unspecified atom stereocenters. The highest BCUT2D eigenvalue weighted by atomic mass is 16.5. The van der Waals surface area contributed by atoms with Crippen molar-refractivity contribution >= 4 is 23.6 Å². The second-order valence-electron chi connectivity index (χ2n) is 6.64. The number of ketones is 1. The van der Waals surface area contributed by atoms with E-state index < -0.39 is 30.5 Å². The molecule has 2 aliphatic rings. The van der Waals surface area contributed by atoms with E-state index in [9.17, 15) is 19.2 Å². The van der Waals surface area contributed by atoms with Crippen LogP contribution in [-0.2, 0) is 19.1 Å². The fourth-order valence-electron chi connectivity index (χ4n) is 3.43. The van der Waals surface area contributed by atoms with Crippen molar-refractivity contribution in [2.75, 3.05) is 13.7 Å². The number of rotatable bonds is 6. The largest absolute Gasteiger partial charge is 0.497 e. The van der Waals surface area contributed by atoms with Gasteiger partial charge in [0.2, 0.25) is 17.6 Å². The number of Topliss-reactive ketones (excluding diaryl/α,β-unsaturated/α-hetero) is 1. The molecule has 1 aromatic carbocycles. The van der Waals surface area contributed by atoms with E-state index in [1.165, 1.54) is 14.0 Å². The Kier molecular flexibility index (Phi) is 5.39. The summed E-state index contributed by atoms with van der Waals surface area (Å²) in [7, 11) is 1.52. The van der Waals surface area contributed by atoms with Gasteiger partial charge in [0, 0.05) is 5.56 Å². The summed E-state index contributed by atoms with van der Waals surface area (Å²) in [5.74, 6) is -2.03. The zero-order valence-corrected chi connectivity index (χ0v) is 15.2. The Hall–Kier alpha value is -2.96. The van der Waals surface area contributed by atoms with Crippen molar-refractivity contribution in [3.05, 3.63) is 42.0 Å². The molecule has 0 saturated carbocycles. The van der Waals surface area contributed by atoms with Crippen molar-refractivity contribution in [3.63, 3.8) is 0 Å². The number of amides is 2. The molecule has 2 amide bonds. The molecule has 0 bridgehead atoms. The summed E-state index contributed by atoms with van der Waals surface area (Å²) in [5, 5.41) is 0. The lowest BCUT2D eigenvalue weighted by Crippen LogP contribution is -2.38. The Morgan fingerprint density at radius 1 is 1.07 bits per heavy atom. The first-order chi connectivity index (χ1) is 12.9. The van der Waals surface area contributed by atoms with Gasteiger partial charge in [-0.2, -0.15) is 0 Å². The second-order valence-corrected chi connectivity index (χ2v) is 6.64. The maximum atomic E-state index is 12.4. The van der Waals surface area contributed by atoms with Crippen LogP contribution in [0.25, 0.3) is 0 Å². The van der Waals surface area contributed by atoms with Crippen molar-refractivity contribution in [2.24, 2.45) is 11.8 Å². The van der Waals surface area contributed by atoms with E-state index in [1.807, 2.05) is 12.2 Å². The molecule has 0 radical (unpaired) electrons. The number of methoxy groups -OCH3 is 1. The summed E-state index contributed by atoms with van der Waals surface area (Å²) < 4.78 is 10.2. The van der Waals surface area contributed by atoms with Gasteiger partial charge in [0.05, 0.1) is 18.9 Å². The van der Waals surface area contributed by atoms with Crippen molar-refractivity contribution in [2.45, 2.75) is 25.9 Å². The summed E-state index contributed by atoms with van der Waals surface area (Å²) in [4.78, 5) is 50.3. The maximum Gasteiger partial charge on any atom is 0.326 e. The minimum atomic E-state index is -1.03. The van der Waals surface area contributed by atoms with Gasteiger partial charge in [-0.3, -0.25) is 24.1 Å². The molecule has 7 heteroatoms. The molecule has 0 N–H and O–H groups in total. The van der Waals surface area contributed by atoms with Crippen LogP contribution in [-0.4, -0.2) is 48.2 Å². The molecule has 1 aromatic rings. The van der Waals surface area contributed by atoms with Crippen LogP contribution in [0.1, 0.15) is 30.1 Å². The highest BCUT2D eigenvalue weighted by Crippen LogP contribution is 2.34. The van der Waals surface area contributed by atoms with Crippen LogP contribution >= 0.6 is 0 Å². The van der Waals surface area contributed by atoms with Crippen LogP contribution in [0.5, 0.6) is 5.75 Å². The average molecular weight is 371 g/mol. The monoisotopic (exact) mass is 371 g/mol. The van der Waals surface area contributed by atoms with Gasteiger partial charge in [0.15, 0.2) is 6.10 Å². The molecule has 1 fully saturated rings. The number of hydrogen-bond acceptors (Lipinski definition) is 6. The molecule has 142 valence electrons. The molecular weight excluding hydrogens is 350 g/mol. The minimum Gasteiger partial charge on any atom is -0.497 e. The highest BCUT2D eigenvalue weighted by Gasteiger charge is 2.47. The number of carbonyl (C=O) groups excluding carboxylic acids is 4. The Balaban J connectivity index is 1.59. The van der Waals surface area contributed by atoms with Crippen LogP contribution in [0.15, 0.2) is 36.4 Å². The molecule has 1 saturated heterocycles. The fourth-order valence-corrected chi connectivity index (χ4v) is 3.43. The van der Waals surface area contributed by atoms with Crippen molar-refractivity contribution in [3.8, 4) is 5.75 Å². The third-order valence-corrected chi connectivity index (χ3v) is 4.94. The van der Waals surface area contributed by atoms with Gasteiger partial charge >= 0.3 is 5.97 Å². The van der Waals surface area contributed by atoms with Crippen molar-refractivity contribution in [1.82, 2.24) is 4.90 Å². The fraction of sp³-hybridized carbons (Fsp3) is 0.400. The third kappa shape index (κ3) is 3.77. The molecule has 0 spiro atoms. The number of esters is 1. The number of nitrogens with zero attached hydrogens (tertiary/aromatic N) is 1. The molecule has 1 heterocycles. The Morgan fingerprint density at radius 3 is 2.15 bits per heavy atom. The number of fused-ring (bicyclic) bond motifs is 1. The Labute approximate surface area is 156 Å². The van der Waals surface area contributed by atoms with Crippen LogP contribution in [0.3, 0.4) is 0 Å². The number of imide groups is 1. The molecule has 27 heavy (non-hydrogen) atoms. The van der Waals surface area contributed by atoms with Gasteiger partial charge in [0.1, 0.15) is 12.3 Å². The molecular formula is C20H21NO6. The lowest BCUT2D eigenvalue weighted by Gasteiger charge is -2.17. The average Bonchev–Trinajstić information content (AvgIpc) is 2.92. The summed E-state index contributed by atoms with van der Waals surface area (Å²) in [6.45, 7) is 0.993. The molecule has 1 aliphatic carbocycles. The predicted molar refractivity (Wildman–Crippen MR) is 95.0 cm³/mol. The van der Waals surface area contributed by atoms with Crippen molar-refractivity contribution < 1.29 is 28.7 Å². The zero-order chi connectivity index (χ0) is 19.6. The van der Waals surface area contributed by atoms with Crippen molar-refractivity contribution in [1.29, 1.82) is 0 Å². The second kappa shape index (κ2) is 7.73. The van der Waals surface area contributed by atoms with Gasteiger partial charge in [-0.05, 0) is 44.0 Å². The molecule has 3 atom stereocenters. The lowest BCUT2D eigenvalue weighted by molar-refractivity contribution is -0.154. The first-order valence-electron chi connectivity index (χ1n) is 8.80. The van der Waals surface area contributed by atoms with E-state index in [1.54, 1.807) is 24.3 Å². The number of benzene rings is 1. The van der Waals surface area contributed by atoms with Crippen LogP contribution in [0.4, 0.5) is 0 Å². The number of ether oxygens (including phenoxy) is 2. The van der Waals surface area contributed by atoms with Crippen LogP contribution in [0.2, 0.25) is 0 Å². The Morgan fingerprint density at radius 2 is 1.63 bits per heavy atom. The van der Waals surface area contributed by atoms with Gasteiger partial charge in [-0.25, -0.2) is 0 Å². The van der Waals surface area contributed by atoms with Gasteiger partial charge in [0.25, 0.3) is 0 Å². The zero-order valence-electron chi connectivity index (χ0n) is 15.2. The molecule has 3 rings (SSSR count). The summed E-state index contributed by atoms with van der Waals surface area (Å²) in [6.07, 6.45) is 3.75. The maximum absolute atomic E-state index is 12.4. The van der Waals surface area contributed by atoms with E-state index >= 15 is 0 Å². The minimum absolute atomic E-state index is 0.347.